The summed E-state index contributed by atoms with van der Waals surface area (Å²) in [7, 11) is 0. The van der Waals surface area contributed by atoms with Crippen LogP contribution in [0.2, 0.25) is 0 Å². The number of carbonyl (C=O) groups is 2. The Morgan fingerprint density at radius 3 is 2.65 bits per heavy atom. The molecule has 1 heterocycles. The van der Waals surface area contributed by atoms with E-state index in [4.69, 9.17) is 4.52 Å². The summed E-state index contributed by atoms with van der Waals surface area (Å²) in [5.41, 5.74) is 0. The van der Waals surface area contributed by atoms with Crippen molar-refractivity contribution in [1.29, 1.82) is 0 Å². The van der Waals surface area contributed by atoms with Crippen LogP contribution in [0.5, 0.6) is 0 Å². The van der Waals surface area contributed by atoms with Crippen molar-refractivity contribution >= 4 is 29.4 Å². The number of unbranched alkanes of at least 4 members (excludes halogenated alkanes) is 3. The van der Waals surface area contributed by atoms with E-state index in [0.29, 0.717) is 11.6 Å². The van der Waals surface area contributed by atoms with Gasteiger partial charge in [0, 0.05) is 12.1 Å². The van der Waals surface area contributed by atoms with Gasteiger partial charge in [0.05, 0.1) is 11.5 Å². The van der Waals surface area contributed by atoms with Crippen LogP contribution < -0.4 is 10.6 Å². The topological polar surface area (TPSA) is 84.2 Å². The molecule has 1 aromatic rings. The normalized spacial score (nSPS) is 12.0. The summed E-state index contributed by atoms with van der Waals surface area (Å²) in [6.07, 6.45) is 5.82. The highest BCUT2D eigenvalue weighted by molar-refractivity contribution is 8.00. The average Bonchev–Trinajstić information content (AvgIpc) is 2.88. The lowest BCUT2D eigenvalue weighted by atomic mass is 10.1. The molecule has 0 aliphatic heterocycles. The molecule has 0 saturated heterocycles. The number of carbonyl (C=O) groups excluding carboxylic acids is 2. The third-order valence-electron chi connectivity index (χ3n) is 3.26. The van der Waals surface area contributed by atoms with Gasteiger partial charge in [-0.05, 0) is 20.3 Å². The van der Waals surface area contributed by atoms with Crippen LogP contribution >= 0.6 is 11.8 Å². The number of aryl methyl sites for hydroxylation is 1. The van der Waals surface area contributed by atoms with E-state index >= 15 is 0 Å². The van der Waals surface area contributed by atoms with Crippen LogP contribution in [0.15, 0.2) is 10.6 Å². The van der Waals surface area contributed by atoms with Gasteiger partial charge in [-0.2, -0.15) is 0 Å². The molecule has 0 spiro atoms. The van der Waals surface area contributed by atoms with Crippen LogP contribution in [0.3, 0.4) is 0 Å². The first-order chi connectivity index (χ1) is 11.0. The molecule has 2 N–H and O–H groups in total. The minimum absolute atomic E-state index is 0.0249. The number of rotatable bonds is 11. The van der Waals surface area contributed by atoms with E-state index in [9.17, 15) is 9.59 Å². The van der Waals surface area contributed by atoms with Gasteiger partial charge in [0.2, 0.25) is 11.8 Å². The Morgan fingerprint density at radius 2 is 2.00 bits per heavy atom. The number of anilines is 1. The number of hydrogen-bond acceptors (Lipinski definition) is 5. The summed E-state index contributed by atoms with van der Waals surface area (Å²) >= 11 is 1.29. The highest BCUT2D eigenvalue weighted by Crippen LogP contribution is 2.09. The number of amides is 2. The smallest absolute Gasteiger partial charge is 0.235 e. The molecule has 6 nitrogen and oxygen atoms in total. The van der Waals surface area contributed by atoms with Crippen LogP contribution in [0.1, 0.15) is 51.7 Å². The zero-order valence-corrected chi connectivity index (χ0v) is 15.0. The Bertz CT molecular complexity index is 491. The molecule has 23 heavy (non-hydrogen) atoms. The molecule has 0 aromatic carbocycles. The summed E-state index contributed by atoms with van der Waals surface area (Å²) in [6, 6.07) is 1.84. The van der Waals surface area contributed by atoms with E-state index in [1.807, 2.05) is 6.92 Å². The quantitative estimate of drug-likeness (QED) is 0.604. The van der Waals surface area contributed by atoms with Gasteiger partial charge in [-0.15, -0.1) is 11.8 Å². The maximum atomic E-state index is 11.8. The second-order valence-corrected chi connectivity index (χ2v) is 6.67. The summed E-state index contributed by atoms with van der Waals surface area (Å²) in [5.74, 6) is 1.32. The number of aromatic nitrogens is 1. The Morgan fingerprint density at radius 1 is 1.26 bits per heavy atom. The van der Waals surface area contributed by atoms with E-state index in [2.05, 4.69) is 22.7 Å². The van der Waals surface area contributed by atoms with Crippen molar-refractivity contribution in [3.8, 4) is 0 Å². The lowest BCUT2D eigenvalue weighted by Crippen LogP contribution is -2.34. The van der Waals surface area contributed by atoms with Crippen molar-refractivity contribution in [2.45, 2.75) is 58.9 Å². The average molecular weight is 341 g/mol. The second-order valence-electron chi connectivity index (χ2n) is 5.68. The molecule has 130 valence electrons. The zero-order valence-electron chi connectivity index (χ0n) is 14.2. The molecule has 1 rings (SSSR count). The van der Waals surface area contributed by atoms with E-state index in [1.54, 1.807) is 13.0 Å². The third kappa shape index (κ3) is 9.28. The fraction of sp³-hybridized carbons (Fsp3) is 0.688. The highest BCUT2D eigenvalue weighted by Gasteiger charge is 2.10. The predicted octanol–water partition coefficient (Wildman–Crippen LogP) is 3.13. The molecule has 1 atom stereocenters. The van der Waals surface area contributed by atoms with Crippen molar-refractivity contribution in [1.82, 2.24) is 10.5 Å². The standard InChI is InChI=1S/C16H27N3O3S/c1-4-5-6-7-8-12(2)17-15(20)10-23-11-16(21)18-14-9-13(3)22-19-14/h9,12H,4-8,10-11H2,1-3H3,(H,17,20)(H,18,19,21). The second kappa shape index (κ2) is 11.1. The largest absolute Gasteiger partial charge is 0.360 e. The highest BCUT2D eigenvalue weighted by atomic mass is 32.2. The Balaban J connectivity index is 2.09. The van der Waals surface area contributed by atoms with Gasteiger partial charge in [-0.1, -0.05) is 37.8 Å². The van der Waals surface area contributed by atoms with Gasteiger partial charge >= 0.3 is 0 Å². The molecule has 1 aromatic heterocycles. The van der Waals surface area contributed by atoms with Crippen molar-refractivity contribution in [2.75, 3.05) is 16.8 Å². The SMILES string of the molecule is CCCCCCC(C)NC(=O)CSCC(=O)Nc1cc(C)on1. The van der Waals surface area contributed by atoms with Gasteiger partial charge in [0.15, 0.2) is 5.82 Å². The van der Waals surface area contributed by atoms with Crippen LogP contribution in [0, 0.1) is 6.92 Å². The van der Waals surface area contributed by atoms with Gasteiger partial charge in [-0.25, -0.2) is 0 Å². The molecule has 0 bridgehead atoms. The molecule has 0 aliphatic rings. The minimum Gasteiger partial charge on any atom is -0.360 e. The Hall–Kier alpha value is -1.50. The van der Waals surface area contributed by atoms with Gasteiger partial charge in [0.25, 0.3) is 0 Å². The lowest BCUT2D eigenvalue weighted by molar-refractivity contribution is -0.119. The zero-order chi connectivity index (χ0) is 17.1. The van der Waals surface area contributed by atoms with Crippen LogP contribution in [-0.4, -0.2) is 34.5 Å². The molecule has 7 heteroatoms. The van der Waals surface area contributed by atoms with E-state index in [-0.39, 0.29) is 29.4 Å². The summed E-state index contributed by atoms with van der Waals surface area (Å²) < 4.78 is 4.86. The monoisotopic (exact) mass is 341 g/mol. The maximum absolute atomic E-state index is 11.8. The first-order valence-electron chi connectivity index (χ1n) is 8.11. The van der Waals surface area contributed by atoms with E-state index in [1.165, 1.54) is 31.0 Å². The summed E-state index contributed by atoms with van der Waals surface area (Å²) in [6.45, 7) is 5.96. The van der Waals surface area contributed by atoms with Crippen LogP contribution in [0.4, 0.5) is 5.82 Å². The summed E-state index contributed by atoms with van der Waals surface area (Å²) in [4.78, 5) is 23.5. The van der Waals surface area contributed by atoms with E-state index in [0.717, 1.165) is 12.8 Å². The van der Waals surface area contributed by atoms with Gasteiger partial charge in [-0.3, -0.25) is 9.59 Å². The predicted molar refractivity (Wildman–Crippen MR) is 93.6 cm³/mol. The van der Waals surface area contributed by atoms with E-state index < -0.39 is 0 Å². The van der Waals surface area contributed by atoms with Crippen molar-refractivity contribution in [3.63, 3.8) is 0 Å². The Kier molecular flexibility index (Phi) is 9.43. The molecule has 0 saturated carbocycles. The van der Waals surface area contributed by atoms with Crippen LogP contribution in [0.25, 0.3) is 0 Å². The van der Waals surface area contributed by atoms with Gasteiger partial charge in [0.1, 0.15) is 5.76 Å². The fourth-order valence-electron chi connectivity index (χ4n) is 2.11. The van der Waals surface area contributed by atoms with Crippen molar-refractivity contribution in [2.24, 2.45) is 0 Å². The maximum Gasteiger partial charge on any atom is 0.235 e. The third-order valence-corrected chi connectivity index (χ3v) is 4.19. The minimum atomic E-state index is -0.191. The van der Waals surface area contributed by atoms with Crippen LogP contribution in [-0.2, 0) is 9.59 Å². The van der Waals surface area contributed by atoms with Crippen molar-refractivity contribution in [3.05, 3.63) is 11.8 Å². The molecular weight excluding hydrogens is 314 g/mol. The molecule has 0 fully saturated rings. The first kappa shape index (κ1) is 19.5. The molecule has 1 unspecified atom stereocenters. The number of nitrogens with zero attached hydrogens (tertiary/aromatic N) is 1. The molecule has 0 aliphatic carbocycles. The first-order valence-corrected chi connectivity index (χ1v) is 9.27. The number of thioether (sulfide) groups is 1. The molecule has 0 radical (unpaired) electrons. The number of nitrogens with one attached hydrogen (secondary N) is 2. The van der Waals surface area contributed by atoms with Gasteiger partial charge < -0.3 is 15.2 Å². The lowest BCUT2D eigenvalue weighted by Gasteiger charge is -2.13. The summed E-state index contributed by atoms with van der Waals surface area (Å²) in [5, 5.41) is 9.27. The Labute approximate surface area is 142 Å². The number of hydrogen-bond donors (Lipinski definition) is 2. The molecular formula is C16H27N3O3S. The van der Waals surface area contributed by atoms with Crippen molar-refractivity contribution < 1.29 is 14.1 Å². The molecule has 2 amide bonds. The fourth-order valence-corrected chi connectivity index (χ4v) is 2.73.